The SMILES string of the molecule is C=CCCC(CC(C)C(C)(C)C)NCC. The van der Waals surface area contributed by atoms with Gasteiger partial charge in [-0.15, -0.1) is 6.58 Å². The summed E-state index contributed by atoms with van der Waals surface area (Å²) in [6.45, 7) is 16.4. The van der Waals surface area contributed by atoms with E-state index < -0.39 is 0 Å². The van der Waals surface area contributed by atoms with Gasteiger partial charge in [0.2, 0.25) is 0 Å². The van der Waals surface area contributed by atoms with Gasteiger partial charge in [0.05, 0.1) is 0 Å². The lowest BCUT2D eigenvalue weighted by molar-refractivity contribution is 0.220. The fourth-order valence-corrected chi connectivity index (χ4v) is 1.69. The second kappa shape index (κ2) is 7.05. The molecule has 0 amide bonds. The van der Waals surface area contributed by atoms with Crippen molar-refractivity contribution in [2.45, 2.75) is 59.9 Å². The molecule has 0 heterocycles. The van der Waals surface area contributed by atoms with Crippen LogP contribution in [0.15, 0.2) is 12.7 Å². The molecule has 2 atom stereocenters. The lowest BCUT2D eigenvalue weighted by Gasteiger charge is -2.31. The third-order valence-corrected chi connectivity index (χ3v) is 3.33. The first kappa shape index (κ1) is 14.7. The van der Waals surface area contributed by atoms with Crippen LogP contribution in [0, 0.1) is 11.3 Å². The van der Waals surface area contributed by atoms with Crippen LogP contribution in [0.25, 0.3) is 0 Å². The molecule has 0 aliphatic carbocycles. The third kappa shape index (κ3) is 6.72. The van der Waals surface area contributed by atoms with E-state index in [1.807, 2.05) is 6.08 Å². The molecule has 0 radical (unpaired) electrons. The Hall–Kier alpha value is -0.300. The molecule has 0 aliphatic rings. The number of allylic oxidation sites excluding steroid dienone is 1. The molecule has 0 bridgehead atoms. The molecule has 1 heteroatoms. The molecule has 0 aromatic heterocycles. The van der Waals surface area contributed by atoms with Crippen LogP contribution in [0.3, 0.4) is 0 Å². The Morgan fingerprint density at radius 1 is 1.33 bits per heavy atom. The molecule has 0 spiro atoms. The van der Waals surface area contributed by atoms with E-state index in [9.17, 15) is 0 Å². The van der Waals surface area contributed by atoms with E-state index in [-0.39, 0.29) is 0 Å². The molecule has 1 nitrogen and oxygen atoms in total. The molecule has 15 heavy (non-hydrogen) atoms. The van der Waals surface area contributed by atoms with Crippen molar-refractivity contribution in [1.82, 2.24) is 5.32 Å². The Morgan fingerprint density at radius 3 is 2.33 bits per heavy atom. The molecule has 0 saturated carbocycles. The summed E-state index contributed by atoms with van der Waals surface area (Å²) in [6.07, 6.45) is 5.63. The minimum Gasteiger partial charge on any atom is -0.314 e. The van der Waals surface area contributed by atoms with Crippen LogP contribution in [-0.2, 0) is 0 Å². The maximum absolute atomic E-state index is 3.79. The summed E-state index contributed by atoms with van der Waals surface area (Å²) in [5, 5.41) is 3.57. The van der Waals surface area contributed by atoms with Crippen LogP contribution in [0.4, 0.5) is 0 Å². The maximum Gasteiger partial charge on any atom is 0.00726 e. The quantitative estimate of drug-likeness (QED) is 0.628. The van der Waals surface area contributed by atoms with Crippen molar-refractivity contribution in [2.24, 2.45) is 11.3 Å². The Labute approximate surface area is 96.3 Å². The molecule has 90 valence electrons. The maximum atomic E-state index is 3.79. The summed E-state index contributed by atoms with van der Waals surface area (Å²) in [4.78, 5) is 0. The van der Waals surface area contributed by atoms with Gasteiger partial charge in [0, 0.05) is 6.04 Å². The van der Waals surface area contributed by atoms with Crippen molar-refractivity contribution >= 4 is 0 Å². The van der Waals surface area contributed by atoms with Gasteiger partial charge in [-0.2, -0.15) is 0 Å². The van der Waals surface area contributed by atoms with E-state index in [0.29, 0.717) is 11.5 Å². The van der Waals surface area contributed by atoms with Gasteiger partial charge in [-0.05, 0) is 37.1 Å². The molecular formula is C14H29N. The number of nitrogens with one attached hydrogen (secondary N) is 1. The third-order valence-electron chi connectivity index (χ3n) is 3.33. The summed E-state index contributed by atoms with van der Waals surface area (Å²) in [5.41, 5.74) is 0.419. The van der Waals surface area contributed by atoms with Gasteiger partial charge in [0.25, 0.3) is 0 Å². The van der Waals surface area contributed by atoms with E-state index in [1.165, 1.54) is 12.8 Å². The van der Waals surface area contributed by atoms with E-state index in [0.717, 1.165) is 18.9 Å². The van der Waals surface area contributed by atoms with Crippen molar-refractivity contribution in [3.63, 3.8) is 0 Å². The van der Waals surface area contributed by atoms with Gasteiger partial charge in [0.1, 0.15) is 0 Å². The van der Waals surface area contributed by atoms with Crippen LogP contribution in [-0.4, -0.2) is 12.6 Å². The van der Waals surface area contributed by atoms with Crippen LogP contribution in [0.1, 0.15) is 53.9 Å². The minimum absolute atomic E-state index is 0.419. The zero-order chi connectivity index (χ0) is 11.9. The second-order valence-corrected chi connectivity index (χ2v) is 5.62. The molecule has 1 N–H and O–H groups in total. The molecule has 0 rings (SSSR count). The van der Waals surface area contributed by atoms with Crippen LogP contribution >= 0.6 is 0 Å². The summed E-state index contributed by atoms with van der Waals surface area (Å²) >= 11 is 0. The predicted octanol–water partition coefficient (Wildman–Crippen LogP) is 4.00. The first-order valence-corrected chi connectivity index (χ1v) is 6.26. The van der Waals surface area contributed by atoms with Crippen LogP contribution < -0.4 is 5.32 Å². The van der Waals surface area contributed by atoms with Crippen molar-refractivity contribution in [3.8, 4) is 0 Å². The average molecular weight is 211 g/mol. The van der Waals surface area contributed by atoms with Crippen molar-refractivity contribution in [2.75, 3.05) is 6.54 Å². The van der Waals surface area contributed by atoms with E-state index >= 15 is 0 Å². The molecule has 0 aromatic carbocycles. The largest absolute Gasteiger partial charge is 0.314 e. The normalized spacial score (nSPS) is 16.1. The van der Waals surface area contributed by atoms with E-state index in [2.05, 4.69) is 46.5 Å². The molecular weight excluding hydrogens is 182 g/mol. The number of hydrogen-bond acceptors (Lipinski definition) is 1. The van der Waals surface area contributed by atoms with E-state index in [4.69, 9.17) is 0 Å². The Morgan fingerprint density at radius 2 is 1.93 bits per heavy atom. The highest BCUT2D eigenvalue weighted by Gasteiger charge is 2.22. The van der Waals surface area contributed by atoms with Crippen LogP contribution in [0.5, 0.6) is 0 Å². The van der Waals surface area contributed by atoms with E-state index in [1.54, 1.807) is 0 Å². The fourth-order valence-electron chi connectivity index (χ4n) is 1.69. The first-order valence-electron chi connectivity index (χ1n) is 6.26. The lowest BCUT2D eigenvalue weighted by atomic mass is 9.78. The Kier molecular flexibility index (Phi) is 6.91. The smallest absolute Gasteiger partial charge is 0.00726 e. The molecule has 0 fully saturated rings. The topological polar surface area (TPSA) is 12.0 Å². The zero-order valence-corrected chi connectivity index (χ0v) is 11.3. The number of hydrogen-bond donors (Lipinski definition) is 1. The van der Waals surface area contributed by atoms with Gasteiger partial charge in [-0.3, -0.25) is 0 Å². The molecule has 0 aromatic rings. The van der Waals surface area contributed by atoms with Gasteiger partial charge < -0.3 is 5.32 Å². The summed E-state index contributed by atoms with van der Waals surface area (Å²) < 4.78 is 0. The molecule has 0 aliphatic heterocycles. The first-order chi connectivity index (χ1) is 6.91. The Bertz CT molecular complexity index is 167. The highest BCUT2D eigenvalue weighted by molar-refractivity contribution is 4.79. The monoisotopic (exact) mass is 211 g/mol. The Balaban J connectivity index is 4.08. The molecule has 0 saturated heterocycles. The van der Waals surface area contributed by atoms with Gasteiger partial charge in [-0.25, -0.2) is 0 Å². The molecule has 2 unspecified atom stereocenters. The van der Waals surface area contributed by atoms with Crippen LogP contribution in [0.2, 0.25) is 0 Å². The van der Waals surface area contributed by atoms with Crippen molar-refractivity contribution < 1.29 is 0 Å². The highest BCUT2D eigenvalue weighted by Crippen LogP contribution is 2.29. The second-order valence-electron chi connectivity index (χ2n) is 5.62. The fraction of sp³-hybridized carbons (Fsp3) is 0.857. The van der Waals surface area contributed by atoms with Crippen molar-refractivity contribution in [3.05, 3.63) is 12.7 Å². The highest BCUT2D eigenvalue weighted by atomic mass is 14.9. The standard InChI is InChI=1S/C14H29N/c1-7-9-10-13(15-8-2)11-12(3)14(4,5)6/h7,12-13,15H,1,8-11H2,2-6H3. The van der Waals surface area contributed by atoms with Gasteiger partial charge in [0.15, 0.2) is 0 Å². The summed E-state index contributed by atoms with van der Waals surface area (Å²) in [7, 11) is 0. The number of rotatable bonds is 7. The lowest BCUT2D eigenvalue weighted by Crippen LogP contribution is -2.33. The minimum atomic E-state index is 0.419. The summed E-state index contributed by atoms with van der Waals surface area (Å²) in [6, 6.07) is 0.655. The summed E-state index contributed by atoms with van der Waals surface area (Å²) in [5.74, 6) is 0.756. The zero-order valence-electron chi connectivity index (χ0n) is 11.3. The average Bonchev–Trinajstić information content (AvgIpc) is 2.13. The predicted molar refractivity (Wildman–Crippen MR) is 70.1 cm³/mol. The van der Waals surface area contributed by atoms with Gasteiger partial charge >= 0.3 is 0 Å². The van der Waals surface area contributed by atoms with Crippen molar-refractivity contribution in [1.29, 1.82) is 0 Å². The van der Waals surface area contributed by atoms with Gasteiger partial charge in [-0.1, -0.05) is 40.7 Å².